The first kappa shape index (κ1) is 24.1. The molecule has 0 amide bonds. The van der Waals surface area contributed by atoms with Crippen molar-refractivity contribution in [1.29, 1.82) is 0 Å². The van der Waals surface area contributed by atoms with Crippen LogP contribution < -0.4 is 0 Å². The van der Waals surface area contributed by atoms with Gasteiger partial charge in [-0.3, -0.25) is 0 Å². The number of phosphoric acid groups is 1. The fourth-order valence-corrected chi connectivity index (χ4v) is 44.5. The third-order valence-electron chi connectivity index (χ3n) is 3.41. The third-order valence-corrected chi connectivity index (χ3v) is 42.5. The Kier molecular flexibility index (Phi) is 9.64. The molecule has 0 bridgehead atoms. The fraction of sp³-hybridized carbons (Fsp3) is 0. The van der Waals surface area contributed by atoms with Gasteiger partial charge in [-0.15, -0.1) is 0 Å². The van der Waals surface area contributed by atoms with Crippen molar-refractivity contribution in [2.24, 2.45) is 0 Å². The molecule has 0 atom stereocenters. The molecule has 0 saturated heterocycles. The molecule has 0 N–H and O–H groups in total. The van der Waals surface area contributed by atoms with E-state index >= 15 is 0 Å². The summed E-state index contributed by atoms with van der Waals surface area (Å²) in [5.41, 5.74) is 0. The van der Waals surface area contributed by atoms with Crippen LogP contribution in [0.5, 0.6) is 0 Å². The molecule has 0 spiro atoms. The molecule has 0 aromatic heterocycles. The molecule has 0 aromatic rings. The molecule has 14 heteroatoms. The summed E-state index contributed by atoms with van der Waals surface area (Å²) in [7, 11) is -3.80. The molecular weight excluding hydrogens is 930 g/mol. The van der Waals surface area contributed by atoms with Crippen molar-refractivity contribution in [1.82, 2.24) is 0 Å². The Morgan fingerprint density at radius 3 is 1.15 bits per heavy atom. The van der Waals surface area contributed by atoms with Gasteiger partial charge in [0.25, 0.3) is 0 Å². The van der Waals surface area contributed by atoms with E-state index in [1.807, 2.05) is 11.5 Å². The Morgan fingerprint density at radius 2 is 0.962 bits per heavy atom. The van der Waals surface area contributed by atoms with E-state index in [9.17, 15) is 4.57 Å². The first-order valence-corrected chi connectivity index (χ1v) is 26.7. The maximum absolute atomic E-state index is 13.6. The fourth-order valence-electron chi connectivity index (χ4n) is 2.15. The van der Waals surface area contributed by atoms with E-state index in [4.69, 9.17) is 42.7 Å². The topological polar surface area (TPSA) is 44.8 Å². The van der Waals surface area contributed by atoms with Crippen molar-refractivity contribution in [3.05, 3.63) is 51.5 Å². The number of halogens is 6. The van der Waals surface area contributed by atoms with Crippen LogP contribution in [-0.2, 0) is 12.5 Å². The van der Waals surface area contributed by atoms with Crippen LogP contribution in [0.3, 0.4) is 0 Å². The first-order valence-electron chi connectivity index (χ1n) is 7.05. The van der Waals surface area contributed by atoms with Crippen LogP contribution in [0.4, 0.5) is 0 Å². The average molecular weight is 936 g/mol. The van der Waals surface area contributed by atoms with Crippen LogP contribution in [0, 0.1) is 0 Å². The standard InChI is InChI=1S/3C4H2BrCl.3In.H3O4P/c3*1-2-4(6)3-5;;;;1-5(2,3)4/h3*1-2H;;;;(H3,1,2,3,4)/q;;;3*+1;/p-3. The minimum absolute atomic E-state index is 0.569. The van der Waals surface area contributed by atoms with Gasteiger partial charge in [0.05, 0.1) is 0 Å². The number of hydrogen-bond donors (Lipinski definition) is 0. The molecule has 3 aliphatic heterocycles. The van der Waals surface area contributed by atoms with Crippen LogP contribution in [0.15, 0.2) is 51.5 Å². The van der Waals surface area contributed by atoms with E-state index in [1.54, 1.807) is 18.2 Å². The molecule has 3 rings (SSSR count). The molecule has 0 aliphatic carbocycles. The van der Waals surface area contributed by atoms with E-state index in [1.165, 1.54) is 0 Å². The maximum atomic E-state index is 13.6. The monoisotopic (exact) mass is 931 g/mol. The van der Waals surface area contributed by atoms with Crippen LogP contribution in [0.25, 0.3) is 0 Å². The van der Waals surface area contributed by atoms with Crippen molar-refractivity contribution in [2.45, 2.75) is 0 Å². The zero-order valence-electron chi connectivity index (χ0n) is 12.5. The van der Waals surface area contributed by atoms with Crippen LogP contribution >= 0.6 is 90.4 Å². The molecule has 0 saturated carbocycles. The summed E-state index contributed by atoms with van der Waals surface area (Å²) >= 11 is 19.7. The number of allylic oxidation sites excluding steroid dienone is 6. The first-order chi connectivity index (χ1) is 12.2. The van der Waals surface area contributed by atoms with Gasteiger partial charge in [0.2, 0.25) is 0 Å². The molecular formula is C12H6Br3Cl3In3O4P. The Labute approximate surface area is 216 Å². The second kappa shape index (κ2) is 10.4. The summed E-state index contributed by atoms with van der Waals surface area (Å²) in [6, 6.07) is 0. The van der Waals surface area contributed by atoms with E-state index in [0.717, 1.165) is 6.72 Å². The normalized spacial score (nSPS) is 20.2. The Hall–Kier alpha value is 3.47. The Bertz CT molecular complexity index is 764. The van der Waals surface area contributed by atoms with Crippen molar-refractivity contribution in [2.75, 3.05) is 0 Å². The summed E-state index contributed by atoms with van der Waals surface area (Å²) in [6.45, 7) is 0. The molecule has 0 aromatic carbocycles. The van der Waals surface area contributed by atoms with Gasteiger partial charge in [-0.2, -0.15) is 0 Å². The van der Waals surface area contributed by atoms with Crippen LogP contribution in [0.1, 0.15) is 0 Å². The second-order valence-corrected chi connectivity index (χ2v) is 38.6. The van der Waals surface area contributed by atoms with Crippen molar-refractivity contribution in [3.8, 4) is 0 Å². The van der Waals surface area contributed by atoms with Crippen molar-refractivity contribution in [3.63, 3.8) is 0 Å². The van der Waals surface area contributed by atoms with Crippen molar-refractivity contribution >= 4 is 156 Å². The predicted molar refractivity (Wildman–Crippen MR) is 121 cm³/mol. The van der Waals surface area contributed by atoms with Gasteiger partial charge in [0.1, 0.15) is 0 Å². The van der Waals surface area contributed by atoms with Gasteiger partial charge in [0, 0.05) is 0 Å². The molecule has 3 aliphatic rings. The SMILES string of the molecule is O=P([O][In]1[CH]=CC(Cl)=[C]1Br)([O][In]1[CH]=CC(Cl)=[C]1Br)[O][In]1[CH]=CC(Cl)=[C]1Br. The third kappa shape index (κ3) is 5.83. The van der Waals surface area contributed by atoms with Gasteiger partial charge in [0.15, 0.2) is 0 Å². The summed E-state index contributed by atoms with van der Waals surface area (Å²) in [6.07, 6.45) is 5.27. The van der Waals surface area contributed by atoms with E-state index in [-0.39, 0.29) is 0 Å². The van der Waals surface area contributed by atoms with Crippen LogP contribution in [0.2, 0.25) is 0 Å². The van der Waals surface area contributed by atoms with Crippen LogP contribution in [-0.4, -0.2) is 65.6 Å². The van der Waals surface area contributed by atoms with E-state index in [0.29, 0.717) is 15.1 Å². The van der Waals surface area contributed by atoms with E-state index < -0.39 is 73.4 Å². The van der Waals surface area contributed by atoms with Gasteiger partial charge < -0.3 is 0 Å². The summed E-state index contributed by atoms with van der Waals surface area (Å²) in [5, 5.41) is 1.71. The number of hydrogen-bond acceptors (Lipinski definition) is 4. The van der Waals surface area contributed by atoms with E-state index in [2.05, 4.69) is 47.8 Å². The van der Waals surface area contributed by atoms with Gasteiger partial charge >= 0.3 is 220 Å². The quantitative estimate of drug-likeness (QED) is 0.282. The minimum atomic E-state index is -3.80. The average Bonchev–Trinajstić information content (AvgIpc) is 3.19. The summed E-state index contributed by atoms with van der Waals surface area (Å²) in [5.74, 6) is 0. The second-order valence-electron chi connectivity index (χ2n) is 5.19. The summed E-state index contributed by atoms with van der Waals surface area (Å²) < 4.78 is 39.5. The summed E-state index contributed by atoms with van der Waals surface area (Å²) in [4.78, 5) is 0. The molecule has 0 radical (unpaired) electrons. The van der Waals surface area contributed by atoms with Crippen molar-refractivity contribution < 1.29 is 12.5 Å². The van der Waals surface area contributed by atoms with Gasteiger partial charge in [-0.1, -0.05) is 0 Å². The molecule has 3 heterocycles. The Balaban J connectivity index is 1.84. The molecule has 0 unspecified atom stereocenters. The molecule has 0 fully saturated rings. The molecule has 4 nitrogen and oxygen atoms in total. The zero-order chi connectivity index (χ0) is 19.1. The number of rotatable bonds is 6. The zero-order valence-corrected chi connectivity index (χ0v) is 30.4. The Morgan fingerprint density at radius 1 is 0.692 bits per heavy atom. The van der Waals surface area contributed by atoms with Gasteiger partial charge in [-0.05, 0) is 0 Å². The molecule has 26 heavy (non-hydrogen) atoms. The predicted octanol–water partition coefficient (Wildman–Crippen LogP) is 6.60. The van der Waals surface area contributed by atoms with Gasteiger partial charge in [-0.25, -0.2) is 0 Å². The molecule has 134 valence electrons.